The van der Waals surface area contributed by atoms with Crippen molar-refractivity contribution in [2.45, 2.75) is 99.3 Å². The molecule has 0 aromatic rings. The van der Waals surface area contributed by atoms with Crippen LogP contribution in [0.3, 0.4) is 0 Å². The van der Waals surface area contributed by atoms with Gasteiger partial charge in [0.25, 0.3) is 0 Å². The molecule has 25 heavy (non-hydrogen) atoms. The van der Waals surface area contributed by atoms with Gasteiger partial charge in [-0.1, -0.05) is 64.7 Å². The van der Waals surface area contributed by atoms with Crippen LogP contribution in [0.25, 0.3) is 0 Å². The lowest BCUT2D eigenvalue weighted by Gasteiger charge is -2.20. The van der Waals surface area contributed by atoms with Crippen molar-refractivity contribution in [2.75, 3.05) is 19.6 Å². The Hall–Kier alpha value is -0.820. The van der Waals surface area contributed by atoms with E-state index in [0.29, 0.717) is 0 Å². The van der Waals surface area contributed by atoms with Gasteiger partial charge in [-0.3, -0.25) is 0 Å². The first-order valence-corrected chi connectivity index (χ1v) is 10.8. The minimum atomic E-state index is 1.18. The highest BCUT2D eigenvalue weighted by atomic mass is 15.1. The summed E-state index contributed by atoms with van der Waals surface area (Å²) in [7, 11) is 0. The SMILES string of the molecule is C\C=C(CCCN(CC)CCCC)/C(C)=C(C)/C=C\CCCCCC. The predicted molar refractivity (Wildman–Crippen MR) is 116 cm³/mol. The Balaban J connectivity index is 4.38. The molecular formula is C24H45N. The zero-order valence-corrected chi connectivity index (χ0v) is 18.2. The Labute approximate surface area is 159 Å². The van der Waals surface area contributed by atoms with Crippen LogP contribution in [0.4, 0.5) is 0 Å². The molecule has 0 heterocycles. The molecule has 0 amide bonds. The molecule has 0 bridgehead atoms. The fourth-order valence-electron chi connectivity index (χ4n) is 3.18. The molecule has 0 saturated carbocycles. The van der Waals surface area contributed by atoms with E-state index in [-0.39, 0.29) is 0 Å². The summed E-state index contributed by atoms with van der Waals surface area (Å²) in [6.45, 7) is 17.2. The quantitative estimate of drug-likeness (QED) is 0.217. The van der Waals surface area contributed by atoms with Crippen LogP contribution in [0.1, 0.15) is 99.3 Å². The third-order valence-electron chi connectivity index (χ3n) is 5.21. The molecule has 0 saturated heterocycles. The summed E-state index contributed by atoms with van der Waals surface area (Å²) in [6.07, 6.45) is 18.7. The lowest BCUT2D eigenvalue weighted by atomic mass is 9.97. The zero-order chi connectivity index (χ0) is 18.9. The van der Waals surface area contributed by atoms with Crippen LogP contribution in [0, 0.1) is 0 Å². The van der Waals surface area contributed by atoms with Gasteiger partial charge in [-0.15, -0.1) is 0 Å². The standard InChI is InChI=1S/C24H45N/c1-7-11-13-14-15-16-18-22(5)23(6)24(9-3)19-17-21-25(10-4)20-12-8-2/h9,16,18H,7-8,10-15,17,19-21H2,1-6H3/b18-16-,23-22+,24-9-. The van der Waals surface area contributed by atoms with E-state index in [1.807, 2.05) is 0 Å². The van der Waals surface area contributed by atoms with Gasteiger partial charge in [-0.05, 0) is 89.2 Å². The van der Waals surface area contributed by atoms with Crippen LogP contribution < -0.4 is 0 Å². The molecule has 0 atom stereocenters. The molecular weight excluding hydrogens is 302 g/mol. The first-order chi connectivity index (χ1) is 12.1. The molecule has 0 aromatic carbocycles. The van der Waals surface area contributed by atoms with Crippen LogP contribution in [-0.4, -0.2) is 24.5 Å². The lowest BCUT2D eigenvalue weighted by Crippen LogP contribution is -2.25. The number of nitrogens with zero attached hydrogens (tertiary/aromatic N) is 1. The molecule has 1 nitrogen and oxygen atoms in total. The van der Waals surface area contributed by atoms with Crippen molar-refractivity contribution >= 4 is 0 Å². The molecule has 0 spiro atoms. The van der Waals surface area contributed by atoms with Crippen LogP contribution in [0.5, 0.6) is 0 Å². The van der Waals surface area contributed by atoms with Crippen LogP contribution in [0.15, 0.2) is 34.9 Å². The largest absolute Gasteiger partial charge is 0.304 e. The van der Waals surface area contributed by atoms with Crippen molar-refractivity contribution in [2.24, 2.45) is 0 Å². The van der Waals surface area contributed by atoms with Gasteiger partial charge in [-0.25, -0.2) is 0 Å². The van der Waals surface area contributed by atoms with Crippen LogP contribution in [-0.2, 0) is 0 Å². The van der Waals surface area contributed by atoms with Crippen LogP contribution in [0.2, 0.25) is 0 Å². The zero-order valence-electron chi connectivity index (χ0n) is 18.2. The Morgan fingerprint density at radius 2 is 1.52 bits per heavy atom. The second-order valence-corrected chi connectivity index (χ2v) is 7.26. The smallest absolute Gasteiger partial charge is 0.00157 e. The van der Waals surface area contributed by atoms with E-state index in [2.05, 4.69) is 64.7 Å². The van der Waals surface area contributed by atoms with E-state index in [0.717, 1.165) is 0 Å². The van der Waals surface area contributed by atoms with Gasteiger partial charge in [0.05, 0.1) is 0 Å². The second kappa shape index (κ2) is 16.6. The predicted octanol–water partition coefficient (Wildman–Crippen LogP) is 7.70. The number of allylic oxidation sites excluding steroid dienone is 6. The average Bonchev–Trinajstić information content (AvgIpc) is 2.63. The summed E-state index contributed by atoms with van der Waals surface area (Å²) in [5, 5.41) is 0. The number of hydrogen-bond donors (Lipinski definition) is 0. The van der Waals surface area contributed by atoms with Gasteiger partial charge in [0.1, 0.15) is 0 Å². The Morgan fingerprint density at radius 1 is 0.840 bits per heavy atom. The van der Waals surface area contributed by atoms with Crippen molar-refractivity contribution in [3.05, 3.63) is 34.9 Å². The molecule has 0 aromatic heterocycles. The molecule has 0 N–H and O–H groups in total. The van der Waals surface area contributed by atoms with E-state index >= 15 is 0 Å². The third kappa shape index (κ3) is 12.2. The van der Waals surface area contributed by atoms with E-state index in [1.54, 1.807) is 0 Å². The van der Waals surface area contributed by atoms with Crippen molar-refractivity contribution in [1.82, 2.24) is 4.90 Å². The Morgan fingerprint density at radius 3 is 2.12 bits per heavy atom. The van der Waals surface area contributed by atoms with Crippen molar-refractivity contribution in [3.8, 4) is 0 Å². The van der Waals surface area contributed by atoms with Gasteiger partial charge >= 0.3 is 0 Å². The maximum Gasteiger partial charge on any atom is -0.00157 e. The van der Waals surface area contributed by atoms with Crippen molar-refractivity contribution < 1.29 is 0 Å². The summed E-state index contributed by atoms with van der Waals surface area (Å²) < 4.78 is 0. The van der Waals surface area contributed by atoms with E-state index in [4.69, 9.17) is 0 Å². The monoisotopic (exact) mass is 347 g/mol. The van der Waals surface area contributed by atoms with Gasteiger partial charge in [0, 0.05) is 0 Å². The summed E-state index contributed by atoms with van der Waals surface area (Å²) in [5.41, 5.74) is 4.44. The second-order valence-electron chi connectivity index (χ2n) is 7.26. The number of unbranched alkanes of at least 4 members (excludes halogenated alkanes) is 5. The summed E-state index contributed by atoms with van der Waals surface area (Å²) in [5.74, 6) is 0. The van der Waals surface area contributed by atoms with E-state index in [9.17, 15) is 0 Å². The molecule has 0 fully saturated rings. The minimum Gasteiger partial charge on any atom is -0.304 e. The number of rotatable bonds is 15. The fourth-order valence-corrected chi connectivity index (χ4v) is 3.18. The molecule has 0 radical (unpaired) electrons. The van der Waals surface area contributed by atoms with Crippen molar-refractivity contribution in [3.63, 3.8) is 0 Å². The Bertz CT molecular complexity index is 400. The molecule has 0 aliphatic carbocycles. The number of hydrogen-bond acceptors (Lipinski definition) is 1. The highest BCUT2D eigenvalue weighted by Crippen LogP contribution is 2.20. The molecule has 0 rings (SSSR count). The average molecular weight is 348 g/mol. The maximum absolute atomic E-state index is 2.60. The van der Waals surface area contributed by atoms with E-state index in [1.165, 1.54) is 94.1 Å². The molecule has 0 aliphatic heterocycles. The molecule has 1 heteroatoms. The third-order valence-corrected chi connectivity index (χ3v) is 5.21. The lowest BCUT2D eigenvalue weighted by molar-refractivity contribution is 0.280. The van der Waals surface area contributed by atoms with Crippen LogP contribution >= 0.6 is 0 Å². The summed E-state index contributed by atoms with van der Waals surface area (Å²) >= 11 is 0. The first-order valence-electron chi connectivity index (χ1n) is 10.8. The summed E-state index contributed by atoms with van der Waals surface area (Å²) in [6, 6.07) is 0. The fraction of sp³-hybridized carbons (Fsp3) is 0.750. The maximum atomic E-state index is 2.60. The van der Waals surface area contributed by atoms with Gasteiger partial charge in [0.15, 0.2) is 0 Å². The Kier molecular flexibility index (Phi) is 16.1. The minimum absolute atomic E-state index is 1.18. The first kappa shape index (κ1) is 24.2. The van der Waals surface area contributed by atoms with Crippen molar-refractivity contribution in [1.29, 1.82) is 0 Å². The van der Waals surface area contributed by atoms with Gasteiger partial charge in [-0.2, -0.15) is 0 Å². The molecule has 0 unspecified atom stereocenters. The molecule has 0 aliphatic rings. The molecule has 146 valence electrons. The normalized spacial score (nSPS) is 13.8. The highest BCUT2D eigenvalue weighted by molar-refractivity contribution is 5.37. The topological polar surface area (TPSA) is 3.24 Å². The van der Waals surface area contributed by atoms with Gasteiger partial charge < -0.3 is 4.90 Å². The summed E-state index contributed by atoms with van der Waals surface area (Å²) in [4.78, 5) is 2.60. The van der Waals surface area contributed by atoms with Gasteiger partial charge in [0.2, 0.25) is 0 Å². The highest BCUT2D eigenvalue weighted by Gasteiger charge is 2.05. The van der Waals surface area contributed by atoms with E-state index < -0.39 is 0 Å².